The molecule has 1 heterocycles. The van der Waals surface area contributed by atoms with Gasteiger partial charge in [-0.2, -0.15) is 0 Å². The Morgan fingerprint density at radius 1 is 1.42 bits per heavy atom. The molecular weight excluding hydrogens is 176 g/mol. The van der Waals surface area contributed by atoms with E-state index >= 15 is 0 Å². The summed E-state index contributed by atoms with van der Waals surface area (Å²) in [5.74, 6) is -0.344. The summed E-state index contributed by atoms with van der Waals surface area (Å²) in [6.07, 6.45) is 0. The van der Waals surface area contributed by atoms with E-state index in [2.05, 4.69) is 0 Å². The van der Waals surface area contributed by atoms with Crippen LogP contribution in [0.4, 0.5) is 0 Å². The molecule has 1 aromatic rings. The highest BCUT2D eigenvalue weighted by Gasteiger charge is 2.39. The quantitative estimate of drug-likeness (QED) is 0.455. The summed E-state index contributed by atoms with van der Waals surface area (Å²) in [6, 6.07) is 7.14. The van der Waals surface area contributed by atoms with E-state index in [1.165, 1.54) is 0 Å². The molecule has 1 aliphatic heterocycles. The minimum atomic E-state index is -0.978. The number of carbonyl (C=O) groups is 1. The Morgan fingerprint density at radius 3 is 2.75 bits per heavy atom. The lowest BCUT2D eigenvalue weighted by molar-refractivity contribution is 0.0316. The van der Waals surface area contributed by atoms with E-state index in [1.807, 2.05) is 6.07 Å². The summed E-state index contributed by atoms with van der Waals surface area (Å²) < 4.78 is 4.95. The number of hydrogen-bond acceptors (Lipinski definition) is 2. The fourth-order valence-electron chi connectivity index (χ4n) is 1.33. The average molecular weight is 183 g/mol. The highest BCUT2D eigenvalue weighted by molar-refractivity contribution is 6.25. The third-order valence-electron chi connectivity index (χ3n) is 1.91. The van der Waals surface area contributed by atoms with Crippen LogP contribution in [0.5, 0.6) is 0 Å². The first kappa shape index (κ1) is 7.62. The zero-order chi connectivity index (χ0) is 8.77. The Bertz CT molecular complexity index is 344. The van der Waals surface area contributed by atoms with Crippen molar-refractivity contribution in [3.8, 4) is 0 Å². The predicted octanol–water partition coefficient (Wildman–Crippen LogP) is 2.27. The maximum Gasteiger partial charge on any atom is 0.340 e. The van der Waals surface area contributed by atoms with E-state index in [0.717, 1.165) is 5.56 Å². The smallest absolute Gasteiger partial charge is 0.340 e. The number of carbonyl (C=O) groups excluding carboxylic acids is 1. The van der Waals surface area contributed by atoms with Gasteiger partial charge in [-0.25, -0.2) is 4.79 Å². The first-order valence-corrected chi connectivity index (χ1v) is 4.01. The molecular formula is C9H7ClO2. The molecule has 0 N–H and O–H groups in total. The lowest BCUT2D eigenvalue weighted by Crippen LogP contribution is -2.12. The van der Waals surface area contributed by atoms with Crippen molar-refractivity contribution in [2.45, 2.75) is 12.0 Å². The summed E-state index contributed by atoms with van der Waals surface area (Å²) in [6.45, 7) is 1.66. The van der Waals surface area contributed by atoms with Crippen LogP contribution in [0.2, 0.25) is 0 Å². The van der Waals surface area contributed by atoms with Gasteiger partial charge in [0.25, 0.3) is 0 Å². The molecule has 0 saturated heterocycles. The van der Waals surface area contributed by atoms with E-state index < -0.39 is 5.06 Å². The molecule has 62 valence electrons. The van der Waals surface area contributed by atoms with E-state index in [4.69, 9.17) is 16.3 Å². The molecule has 0 fully saturated rings. The van der Waals surface area contributed by atoms with Gasteiger partial charge < -0.3 is 4.74 Å². The molecule has 0 aromatic heterocycles. The predicted molar refractivity (Wildman–Crippen MR) is 45.1 cm³/mol. The molecule has 0 bridgehead atoms. The van der Waals surface area contributed by atoms with Crippen LogP contribution in [0.25, 0.3) is 0 Å². The number of cyclic esters (lactones) is 1. The molecule has 0 saturated carbocycles. The molecule has 12 heavy (non-hydrogen) atoms. The highest BCUT2D eigenvalue weighted by atomic mass is 35.5. The van der Waals surface area contributed by atoms with Gasteiger partial charge in [-0.3, -0.25) is 0 Å². The standard InChI is InChI=1S/C9H7ClO2/c1-9(10)7-5-3-2-4-6(7)8(11)12-9/h2-5H,1H3. The molecule has 3 heteroatoms. The molecule has 0 aliphatic carbocycles. The number of ether oxygens (including phenoxy) is 1. The van der Waals surface area contributed by atoms with Crippen molar-refractivity contribution in [1.82, 2.24) is 0 Å². The van der Waals surface area contributed by atoms with Crippen LogP contribution in [-0.4, -0.2) is 5.97 Å². The number of fused-ring (bicyclic) bond motifs is 1. The van der Waals surface area contributed by atoms with Gasteiger partial charge in [-0.1, -0.05) is 29.8 Å². The summed E-state index contributed by atoms with van der Waals surface area (Å²) in [5.41, 5.74) is 1.31. The average Bonchev–Trinajstić information content (AvgIpc) is 2.25. The maximum atomic E-state index is 11.2. The number of hydrogen-bond donors (Lipinski definition) is 0. The van der Waals surface area contributed by atoms with Gasteiger partial charge in [0.1, 0.15) is 0 Å². The van der Waals surface area contributed by atoms with E-state index in [9.17, 15) is 4.79 Å². The van der Waals surface area contributed by atoms with Crippen molar-refractivity contribution < 1.29 is 9.53 Å². The fraction of sp³-hybridized carbons (Fsp3) is 0.222. The zero-order valence-electron chi connectivity index (χ0n) is 6.50. The molecule has 2 rings (SSSR count). The third kappa shape index (κ3) is 0.916. The number of esters is 1. The van der Waals surface area contributed by atoms with E-state index in [0.29, 0.717) is 5.56 Å². The summed E-state index contributed by atoms with van der Waals surface area (Å²) in [7, 11) is 0. The maximum absolute atomic E-state index is 11.2. The minimum absolute atomic E-state index is 0.344. The first-order valence-electron chi connectivity index (χ1n) is 3.63. The molecule has 1 atom stereocenters. The largest absolute Gasteiger partial charge is 0.435 e. The second kappa shape index (κ2) is 2.23. The van der Waals surface area contributed by atoms with Crippen molar-refractivity contribution in [3.63, 3.8) is 0 Å². The molecule has 0 amide bonds. The van der Waals surface area contributed by atoms with Gasteiger partial charge in [0.05, 0.1) is 5.56 Å². The molecule has 2 nitrogen and oxygen atoms in total. The normalized spacial score (nSPS) is 26.7. The van der Waals surface area contributed by atoms with Gasteiger partial charge in [0.2, 0.25) is 5.06 Å². The van der Waals surface area contributed by atoms with Crippen LogP contribution in [0.15, 0.2) is 24.3 Å². The van der Waals surface area contributed by atoms with Gasteiger partial charge in [0, 0.05) is 5.56 Å². The Hall–Kier alpha value is -1.02. The lowest BCUT2D eigenvalue weighted by atomic mass is 10.1. The van der Waals surface area contributed by atoms with Crippen LogP contribution >= 0.6 is 11.6 Å². The SMILES string of the molecule is CC1(Cl)OC(=O)c2ccccc21. The van der Waals surface area contributed by atoms with Gasteiger partial charge in [-0.15, -0.1) is 0 Å². The van der Waals surface area contributed by atoms with Crippen LogP contribution < -0.4 is 0 Å². The molecule has 1 aromatic carbocycles. The number of rotatable bonds is 0. The molecule has 0 radical (unpaired) electrons. The van der Waals surface area contributed by atoms with E-state index in [-0.39, 0.29) is 5.97 Å². The van der Waals surface area contributed by atoms with Crippen LogP contribution in [-0.2, 0) is 9.80 Å². The molecule has 0 spiro atoms. The minimum Gasteiger partial charge on any atom is -0.435 e. The second-order valence-electron chi connectivity index (χ2n) is 2.85. The van der Waals surface area contributed by atoms with Crippen molar-refractivity contribution in [1.29, 1.82) is 0 Å². The number of alkyl halides is 1. The Morgan fingerprint density at radius 2 is 2.08 bits per heavy atom. The van der Waals surface area contributed by atoms with Crippen LogP contribution in [0.3, 0.4) is 0 Å². The Balaban J connectivity index is 2.66. The van der Waals surface area contributed by atoms with Gasteiger partial charge in [0.15, 0.2) is 0 Å². The Kier molecular flexibility index (Phi) is 1.42. The first-order chi connectivity index (χ1) is 5.61. The van der Waals surface area contributed by atoms with Crippen molar-refractivity contribution >= 4 is 17.6 Å². The van der Waals surface area contributed by atoms with Gasteiger partial charge >= 0.3 is 5.97 Å². The fourth-order valence-corrected chi connectivity index (χ4v) is 1.57. The summed E-state index contributed by atoms with van der Waals surface area (Å²) >= 11 is 5.95. The van der Waals surface area contributed by atoms with Crippen LogP contribution in [0.1, 0.15) is 22.8 Å². The van der Waals surface area contributed by atoms with Crippen molar-refractivity contribution in [2.24, 2.45) is 0 Å². The Labute approximate surface area is 75.1 Å². The number of halogens is 1. The number of benzene rings is 1. The molecule has 1 unspecified atom stereocenters. The zero-order valence-corrected chi connectivity index (χ0v) is 7.26. The monoisotopic (exact) mass is 182 g/mol. The lowest BCUT2D eigenvalue weighted by Gasteiger charge is -2.13. The topological polar surface area (TPSA) is 26.3 Å². The third-order valence-corrected chi connectivity index (χ3v) is 2.19. The van der Waals surface area contributed by atoms with Crippen molar-refractivity contribution in [3.05, 3.63) is 35.4 Å². The highest BCUT2D eigenvalue weighted by Crippen LogP contribution is 2.38. The van der Waals surface area contributed by atoms with E-state index in [1.54, 1.807) is 25.1 Å². The van der Waals surface area contributed by atoms with Crippen molar-refractivity contribution in [2.75, 3.05) is 0 Å². The second-order valence-corrected chi connectivity index (χ2v) is 3.57. The van der Waals surface area contributed by atoms with Crippen LogP contribution in [0, 0.1) is 0 Å². The summed E-state index contributed by atoms with van der Waals surface area (Å²) in [5, 5.41) is -0.978. The molecule has 1 aliphatic rings. The summed E-state index contributed by atoms with van der Waals surface area (Å²) in [4.78, 5) is 11.2. The van der Waals surface area contributed by atoms with Gasteiger partial charge in [-0.05, 0) is 13.0 Å².